The van der Waals surface area contributed by atoms with Gasteiger partial charge in [-0.3, -0.25) is 9.99 Å². The van der Waals surface area contributed by atoms with Crippen LogP contribution < -0.4 is 17.0 Å². The number of hydrogen-bond acceptors (Lipinski definition) is 10. The van der Waals surface area contributed by atoms with Gasteiger partial charge in [-0.15, -0.1) is 0 Å². The highest BCUT2D eigenvalue weighted by molar-refractivity contribution is 7.99. The Morgan fingerprint density at radius 3 is 2.87 bits per heavy atom. The summed E-state index contributed by atoms with van der Waals surface area (Å²) < 4.78 is 7.33. The summed E-state index contributed by atoms with van der Waals surface area (Å²) in [5.74, 6) is 7.10. The minimum atomic E-state index is -1.10. The van der Waals surface area contributed by atoms with Gasteiger partial charge in [-0.1, -0.05) is 6.92 Å². The van der Waals surface area contributed by atoms with Crippen LogP contribution in [0.5, 0.6) is 0 Å². The summed E-state index contributed by atoms with van der Waals surface area (Å²) in [6, 6.07) is 0. The molecule has 1 saturated heterocycles. The fourth-order valence-electron chi connectivity index (χ4n) is 2.52. The number of hydrogen-bond donors (Lipinski definition) is 5. The third-order valence-electron chi connectivity index (χ3n) is 3.68. The number of nitrogens with zero attached hydrogens (tertiary/aromatic N) is 4. The lowest BCUT2D eigenvalue weighted by Gasteiger charge is -2.16. The molecule has 3 heterocycles. The van der Waals surface area contributed by atoms with E-state index in [0.717, 1.165) is 5.75 Å². The molecular weight excluding hydrogens is 322 g/mol. The fourth-order valence-corrected chi connectivity index (χ4v) is 3.26. The standard InChI is InChI=1S/C12H19N7O3S/c1-2-23-3-5-7(20)8(21)11(22-5)19-4-15-6-9(13)16-12(18-14)17-10(6)19/h4-5,7-8,11,20-21H,2-3,14H2,1H3,(H3,13,16,17,18)/t5-,7-,8-,11-/m1/s1. The van der Waals surface area contributed by atoms with Crippen LogP contribution in [0, 0.1) is 0 Å². The SMILES string of the molecule is CCSC[C@H]1O[C@@H](n2cnc3c(N)nc(NN)nc32)[C@H](O)[C@@H]1O. The van der Waals surface area contributed by atoms with Crippen LogP contribution in [0.4, 0.5) is 11.8 Å². The van der Waals surface area contributed by atoms with Gasteiger partial charge in [0.2, 0.25) is 5.95 Å². The second-order valence-electron chi connectivity index (χ2n) is 5.11. The summed E-state index contributed by atoms with van der Waals surface area (Å²) in [6.45, 7) is 2.02. The van der Waals surface area contributed by atoms with Gasteiger partial charge in [0.25, 0.3) is 0 Å². The lowest BCUT2D eigenvalue weighted by Crippen LogP contribution is -2.32. The van der Waals surface area contributed by atoms with Crippen molar-refractivity contribution in [2.24, 2.45) is 5.84 Å². The molecule has 1 aliphatic heterocycles. The number of aliphatic hydroxyl groups is 2. The highest BCUT2D eigenvalue weighted by Gasteiger charge is 2.44. The smallest absolute Gasteiger partial charge is 0.241 e. The van der Waals surface area contributed by atoms with Gasteiger partial charge in [0.1, 0.15) is 17.7 Å². The van der Waals surface area contributed by atoms with Gasteiger partial charge < -0.3 is 20.7 Å². The van der Waals surface area contributed by atoms with E-state index in [0.29, 0.717) is 16.9 Å². The Kier molecular flexibility index (Phi) is 4.55. The molecule has 7 N–H and O–H groups in total. The van der Waals surface area contributed by atoms with Crippen molar-refractivity contribution in [1.82, 2.24) is 19.5 Å². The third-order valence-corrected chi connectivity index (χ3v) is 4.65. The zero-order chi connectivity index (χ0) is 16.6. The molecule has 126 valence electrons. The number of nitrogens with two attached hydrogens (primary N) is 2. The maximum absolute atomic E-state index is 10.3. The molecule has 0 aromatic carbocycles. The van der Waals surface area contributed by atoms with Gasteiger partial charge in [0.15, 0.2) is 17.7 Å². The monoisotopic (exact) mass is 341 g/mol. The number of imidazole rings is 1. The number of nitrogen functional groups attached to an aromatic ring is 2. The summed E-state index contributed by atoms with van der Waals surface area (Å²) in [4.78, 5) is 12.3. The van der Waals surface area contributed by atoms with Crippen molar-refractivity contribution in [3.05, 3.63) is 6.33 Å². The molecule has 1 aliphatic rings. The first-order chi connectivity index (χ1) is 11.1. The number of aromatic nitrogens is 4. The molecule has 10 nitrogen and oxygen atoms in total. The number of aliphatic hydroxyl groups excluding tert-OH is 2. The topological polar surface area (TPSA) is 157 Å². The Bertz CT molecular complexity index is 697. The summed E-state index contributed by atoms with van der Waals surface area (Å²) in [7, 11) is 0. The third kappa shape index (κ3) is 2.81. The van der Waals surface area contributed by atoms with Crippen LogP contribution in [0.2, 0.25) is 0 Å². The van der Waals surface area contributed by atoms with Crippen molar-refractivity contribution in [2.45, 2.75) is 31.5 Å². The van der Waals surface area contributed by atoms with Gasteiger partial charge >= 0.3 is 0 Å². The van der Waals surface area contributed by atoms with E-state index in [2.05, 4.69) is 20.4 Å². The van der Waals surface area contributed by atoms with E-state index in [9.17, 15) is 10.2 Å². The molecule has 23 heavy (non-hydrogen) atoms. The molecule has 0 unspecified atom stereocenters. The van der Waals surface area contributed by atoms with Crippen molar-refractivity contribution < 1.29 is 14.9 Å². The number of rotatable bonds is 5. The van der Waals surface area contributed by atoms with E-state index >= 15 is 0 Å². The van der Waals surface area contributed by atoms with Crippen LogP contribution in [-0.2, 0) is 4.74 Å². The lowest BCUT2D eigenvalue weighted by molar-refractivity contribution is -0.0288. The van der Waals surface area contributed by atoms with Crippen LogP contribution in [0.15, 0.2) is 6.33 Å². The van der Waals surface area contributed by atoms with Crippen LogP contribution >= 0.6 is 11.8 Å². The number of ether oxygens (including phenoxy) is 1. The highest BCUT2D eigenvalue weighted by atomic mass is 32.2. The van der Waals surface area contributed by atoms with Gasteiger partial charge in [-0.05, 0) is 5.75 Å². The van der Waals surface area contributed by atoms with Gasteiger partial charge in [-0.25, -0.2) is 10.8 Å². The zero-order valence-electron chi connectivity index (χ0n) is 12.5. The molecular formula is C12H19N7O3S. The maximum Gasteiger partial charge on any atom is 0.241 e. The summed E-state index contributed by atoms with van der Waals surface area (Å²) >= 11 is 1.63. The van der Waals surface area contributed by atoms with E-state index in [-0.39, 0.29) is 11.8 Å². The second kappa shape index (κ2) is 6.45. The predicted octanol–water partition coefficient (Wildman–Crippen LogP) is -0.934. The van der Waals surface area contributed by atoms with E-state index in [1.807, 2.05) is 6.92 Å². The van der Waals surface area contributed by atoms with Crippen LogP contribution in [0.25, 0.3) is 11.2 Å². The zero-order valence-corrected chi connectivity index (χ0v) is 13.3. The van der Waals surface area contributed by atoms with Crippen molar-refractivity contribution >= 4 is 34.7 Å². The Balaban J connectivity index is 1.95. The van der Waals surface area contributed by atoms with Gasteiger partial charge in [0.05, 0.1) is 12.4 Å². The molecule has 4 atom stereocenters. The van der Waals surface area contributed by atoms with Crippen molar-refractivity contribution in [3.8, 4) is 0 Å². The Hall–Kier alpha value is -1.66. The maximum atomic E-state index is 10.3. The molecule has 2 aromatic rings. The summed E-state index contributed by atoms with van der Waals surface area (Å²) in [6.07, 6.45) is -1.91. The first kappa shape index (κ1) is 16.2. The van der Waals surface area contributed by atoms with E-state index in [1.165, 1.54) is 10.9 Å². The molecule has 0 amide bonds. The fraction of sp³-hybridized carbons (Fsp3) is 0.583. The lowest BCUT2D eigenvalue weighted by atomic mass is 10.1. The number of anilines is 2. The second-order valence-corrected chi connectivity index (χ2v) is 6.43. The highest BCUT2D eigenvalue weighted by Crippen LogP contribution is 2.33. The van der Waals surface area contributed by atoms with E-state index in [1.54, 1.807) is 11.8 Å². The minimum absolute atomic E-state index is 0.128. The Morgan fingerprint density at radius 2 is 2.17 bits per heavy atom. The quantitative estimate of drug-likeness (QED) is 0.340. The van der Waals surface area contributed by atoms with Crippen LogP contribution in [-0.4, -0.2) is 59.5 Å². The minimum Gasteiger partial charge on any atom is -0.387 e. The first-order valence-electron chi connectivity index (χ1n) is 7.12. The molecule has 0 radical (unpaired) electrons. The van der Waals surface area contributed by atoms with Gasteiger partial charge in [-0.2, -0.15) is 21.7 Å². The number of fused-ring (bicyclic) bond motifs is 1. The van der Waals surface area contributed by atoms with Crippen molar-refractivity contribution in [1.29, 1.82) is 0 Å². The van der Waals surface area contributed by atoms with Crippen LogP contribution in [0.3, 0.4) is 0 Å². The molecule has 0 saturated carbocycles. The largest absolute Gasteiger partial charge is 0.387 e. The van der Waals surface area contributed by atoms with Crippen molar-refractivity contribution in [3.63, 3.8) is 0 Å². The first-order valence-corrected chi connectivity index (χ1v) is 8.28. The molecule has 0 spiro atoms. The number of hydrazine groups is 1. The molecule has 0 bridgehead atoms. The van der Waals surface area contributed by atoms with Crippen molar-refractivity contribution in [2.75, 3.05) is 22.7 Å². The molecule has 1 fully saturated rings. The van der Waals surface area contributed by atoms with E-state index in [4.69, 9.17) is 16.3 Å². The summed E-state index contributed by atoms with van der Waals surface area (Å²) in [5.41, 5.74) is 8.89. The number of thioether (sulfide) groups is 1. The van der Waals surface area contributed by atoms with Crippen LogP contribution in [0.1, 0.15) is 13.2 Å². The predicted molar refractivity (Wildman–Crippen MR) is 86.5 cm³/mol. The Morgan fingerprint density at radius 1 is 1.39 bits per heavy atom. The average Bonchev–Trinajstić information content (AvgIpc) is 3.08. The molecule has 0 aliphatic carbocycles. The summed E-state index contributed by atoms with van der Waals surface area (Å²) in [5, 5.41) is 20.5. The number of nitrogens with one attached hydrogen (secondary N) is 1. The molecule has 2 aromatic heterocycles. The molecule has 11 heteroatoms. The normalized spacial score (nSPS) is 27.7. The van der Waals surface area contributed by atoms with Gasteiger partial charge in [0, 0.05) is 5.75 Å². The molecule has 3 rings (SSSR count). The van der Waals surface area contributed by atoms with E-state index < -0.39 is 24.5 Å². The average molecular weight is 341 g/mol. The Labute approximate surface area is 136 Å².